The van der Waals surface area contributed by atoms with Gasteiger partial charge < -0.3 is 5.11 Å². The van der Waals surface area contributed by atoms with Crippen LogP contribution < -0.4 is 0 Å². The van der Waals surface area contributed by atoms with Gasteiger partial charge in [-0.25, -0.2) is 4.39 Å². The second-order valence-electron chi connectivity index (χ2n) is 5.11. The number of halogens is 3. The van der Waals surface area contributed by atoms with Crippen LogP contribution in [0.1, 0.15) is 41.6 Å². The van der Waals surface area contributed by atoms with Crippen molar-refractivity contribution in [3.8, 4) is 0 Å². The van der Waals surface area contributed by atoms with E-state index in [2.05, 4.69) is 22.0 Å². The first-order valence-corrected chi connectivity index (χ1v) is 7.66. The quantitative estimate of drug-likeness (QED) is 0.750. The van der Waals surface area contributed by atoms with Crippen molar-refractivity contribution in [2.75, 3.05) is 0 Å². The third-order valence-corrected chi connectivity index (χ3v) is 4.89. The van der Waals surface area contributed by atoms with Crippen LogP contribution >= 0.6 is 27.5 Å². The Kier molecular flexibility index (Phi) is 3.85. The summed E-state index contributed by atoms with van der Waals surface area (Å²) < 4.78 is 14.6. The maximum atomic E-state index is 14.1. The minimum absolute atomic E-state index is 0.0000949. The SMILES string of the molecule is OC(c1cccc(C2CC2)c1)c1ccc(Br)c(Cl)c1F. The zero-order valence-electron chi connectivity index (χ0n) is 10.6. The molecule has 3 rings (SSSR count). The molecule has 1 N–H and O–H groups in total. The van der Waals surface area contributed by atoms with Gasteiger partial charge in [0.15, 0.2) is 0 Å². The summed E-state index contributed by atoms with van der Waals surface area (Å²) in [5, 5.41) is 10.4. The highest BCUT2D eigenvalue weighted by Gasteiger charge is 2.25. The van der Waals surface area contributed by atoms with Crippen molar-refractivity contribution in [1.82, 2.24) is 0 Å². The van der Waals surface area contributed by atoms with E-state index in [4.69, 9.17) is 11.6 Å². The van der Waals surface area contributed by atoms with E-state index in [9.17, 15) is 9.50 Å². The van der Waals surface area contributed by atoms with Gasteiger partial charge in [0.25, 0.3) is 0 Å². The summed E-state index contributed by atoms with van der Waals surface area (Å²) >= 11 is 9.04. The van der Waals surface area contributed by atoms with Crippen LogP contribution in [0.3, 0.4) is 0 Å². The molecule has 0 aromatic heterocycles. The van der Waals surface area contributed by atoms with Crippen LogP contribution in [0.5, 0.6) is 0 Å². The molecule has 2 aromatic carbocycles. The molecule has 1 unspecified atom stereocenters. The molecule has 1 saturated carbocycles. The fourth-order valence-electron chi connectivity index (χ4n) is 2.33. The van der Waals surface area contributed by atoms with E-state index in [0.717, 1.165) is 0 Å². The third kappa shape index (κ3) is 2.62. The summed E-state index contributed by atoms with van der Waals surface area (Å²) in [7, 11) is 0. The van der Waals surface area contributed by atoms with Gasteiger partial charge in [-0.3, -0.25) is 0 Å². The van der Waals surface area contributed by atoms with Gasteiger partial charge in [0, 0.05) is 10.0 Å². The van der Waals surface area contributed by atoms with Gasteiger partial charge in [0.05, 0.1) is 5.02 Å². The van der Waals surface area contributed by atoms with Gasteiger partial charge in [-0.2, -0.15) is 0 Å². The Morgan fingerprint density at radius 2 is 2.00 bits per heavy atom. The first-order chi connectivity index (χ1) is 9.58. The molecule has 0 heterocycles. The lowest BCUT2D eigenvalue weighted by Crippen LogP contribution is -2.03. The molecule has 0 spiro atoms. The summed E-state index contributed by atoms with van der Waals surface area (Å²) in [6, 6.07) is 10.9. The Hall–Kier alpha value is -0.900. The lowest BCUT2D eigenvalue weighted by atomic mass is 9.98. The largest absolute Gasteiger partial charge is 0.384 e. The molecule has 0 radical (unpaired) electrons. The summed E-state index contributed by atoms with van der Waals surface area (Å²) in [5.41, 5.74) is 2.11. The predicted octanol–water partition coefficient (Wildman–Crippen LogP) is 5.20. The highest BCUT2D eigenvalue weighted by atomic mass is 79.9. The average Bonchev–Trinajstić information content (AvgIpc) is 3.29. The summed E-state index contributed by atoms with van der Waals surface area (Å²) in [6.45, 7) is 0. The number of hydrogen-bond donors (Lipinski definition) is 1. The van der Waals surface area contributed by atoms with Crippen molar-refractivity contribution in [3.05, 3.63) is 68.4 Å². The van der Waals surface area contributed by atoms with Gasteiger partial charge in [0.2, 0.25) is 0 Å². The molecule has 0 aliphatic heterocycles. The number of aliphatic hydroxyl groups is 1. The molecule has 4 heteroatoms. The number of benzene rings is 2. The average molecular weight is 356 g/mol. The van der Waals surface area contributed by atoms with Crippen LogP contribution in [-0.4, -0.2) is 5.11 Å². The molecule has 1 fully saturated rings. The summed E-state index contributed by atoms with van der Waals surface area (Å²) in [4.78, 5) is 0. The van der Waals surface area contributed by atoms with Crippen molar-refractivity contribution in [3.63, 3.8) is 0 Å². The Morgan fingerprint density at radius 3 is 2.70 bits per heavy atom. The van der Waals surface area contributed by atoms with E-state index in [-0.39, 0.29) is 10.6 Å². The predicted molar refractivity (Wildman–Crippen MR) is 81.6 cm³/mol. The minimum atomic E-state index is -1.00. The molecule has 0 amide bonds. The van der Waals surface area contributed by atoms with Crippen LogP contribution in [0, 0.1) is 5.82 Å². The highest BCUT2D eigenvalue weighted by Crippen LogP contribution is 2.41. The molecule has 2 aromatic rings. The van der Waals surface area contributed by atoms with Crippen molar-refractivity contribution >= 4 is 27.5 Å². The zero-order chi connectivity index (χ0) is 14.3. The van der Waals surface area contributed by atoms with E-state index >= 15 is 0 Å². The molecule has 1 nitrogen and oxygen atoms in total. The van der Waals surface area contributed by atoms with Gasteiger partial charge >= 0.3 is 0 Å². The van der Waals surface area contributed by atoms with Crippen LogP contribution in [0.15, 0.2) is 40.9 Å². The fourth-order valence-corrected chi connectivity index (χ4v) is 2.81. The standard InChI is InChI=1S/C16H13BrClFO/c17-13-7-6-12(15(19)14(13)18)16(20)11-3-1-2-10(8-11)9-4-5-9/h1-3,6-9,16,20H,4-5H2. The Bertz CT molecular complexity index is 655. The van der Waals surface area contributed by atoms with Crippen LogP contribution in [0.25, 0.3) is 0 Å². The molecule has 104 valence electrons. The third-order valence-electron chi connectivity index (χ3n) is 3.63. The van der Waals surface area contributed by atoms with E-state index in [1.807, 2.05) is 18.2 Å². The normalized spacial score (nSPS) is 16.2. The first kappa shape index (κ1) is 14.1. The van der Waals surface area contributed by atoms with Crippen molar-refractivity contribution in [2.24, 2.45) is 0 Å². The van der Waals surface area contributed by atoms with E-state index in [0.29, 0.717) is 16.0 Å². The first-order valence-electron chi connectivity index (χ1n) is 6.49. The van der Waals surface area contributed by atoms with Crippen molar-refractivity contribution in [2.45, 2.75) is 24.9 Å². The topological polar surface area (TPSA) is 20.2 Å². The molecule has 1 aliphatic rings. The molecule has 1 aliphatic carbocycles. The molecular weight excluding hydrogens is 343 g/mol. The minimum Gasteiger partial charge on any atom is -0.384 e. The highest BCUT2D eigenvalue weighted by molar-refractivity contribution is 9.10. The maximum Gasteiger partial charge on any atom is 0.149 e. The maximum absolute atomic E-state index is 14.1. The molecule has 0 bridgehead atoms. The Labute approximate surface area is 130 Å². The summed E-state index contributed by atoms with van der Waals surface area (Å²) in [5.74, 6) is 0.0193. The van der Waals surface area contributed by atoms with Gasteiger partial charge in [0.1, 0.15) is 11.9 Å². The molecule has 20 heavy (non-hydrogen) atoms. The lowest BCUT2D eigenvalue weighted by molar-refractivity contribution is 0.215. The van der Waals surface area contributed by atoms with Crippen LogP contribution in [0.2, 0.25) is 5.02 Å². The van der Waals surface area contributed by atoms with E-state index in [1.54, 1.807) is 12.1 Å². The second-order valence-corrected chi connectivity index (χ2v) is 6.34. The van der Waals surface area contributed by atoms with Crippen molar-refractivity contribution < 1.29 is 9.50 Å². The number of rotatable bonds is 3. The fraction of sp³-hybridized carbons (Fsp3) is 0.250. The second kappa shape index (κ2) is 5.47. The molecule has 1 atom stereocenters. The lowest BCUT2D eigenvalue weighted by Gasteiger charge is -2.15. The molecule has 0 saturated heterocycles. The van der Waals surface area contributed by atoms with Gasteiger partial charge in [-0.05, 0) is 51.9 Å². The van der Waals surface area contributed by atoms with Crippen LogP contribution in [0.4, 0.5) is 4.39 Å². The van der Waals surface area contributed by atoms with Gasteiger partial charge in [-0.15, -0.1) is 0 Å². The number of aliphatic hydroxyl groups excluding tert-OH is 1. The van der Waals surface area contributed by atoms with Gasteiger partial charge in [-0.1, -0.05) is 41.9 Å². The molecular formula is C16H13BrClFO. The smallest absolute Gasteiger partial charge is 0.149 e. The monoisotopic (exact) mass is 354 g/mol. The van der Waals surface area contributed by atoms with Crippen molar-refractivity contribution in [1.29, 1.82) is 0 Å². The van der Waals surface area contributed by atoms with Crippen LogP contribution in [-0.2, 0) is 0 Å². The Balaban J connectivity index is 1.98. The summed E-state index contributed by atoms with van der Waals surface area (Å²) in [6.07, 6.45) is 1.38. The Morgan fingerprint density at radius 1 is 1.25 bits per heavy atom. The zero-order valence-corrected chi connectivity index (χ0v) is 13.0. The number of hydrogen-bond acceptors (Lipinski definition) is 1. The van der Waals surface area contributed by atoms with E-state index < -0.39 is 11.9 Å². The van der Waals surface area contributed by atoms with E-state index in [1.165, 1.54) is 18.4 Å².